The molecule has 164 valence electrons. The fourth-order valence-corrected chi connectivity index (χ4v) is 5.37. The first-order valence-electron chi connectivity index (χ1n) is 9.72. The molecule has 0 saturated carbocycles. The van der Waals surface area contributed by atoms with Gasteiger partial charge in [-0.1, -0.05) is 58.3 Å². The Morgan fingerprint density at radius 3 is 2.33 bits per heavy atom. The van der Waals surface area contributed by atoms with Crippen LogP contribution in [0, 0.1) is 0 Å². The number of aliphatic hydroxyl groups is 1. The average Bonchev–Trinajstić information content (AvgIpc) is 3.32. The van der Waals surface area contributed by atoms with Crippen molar-refractivity contribution in [1.29, 1.82) is 0 Å². The lowest BCUT2D eigenvalue weighted by Gasteiger charge is -2.23. The van der Waals surface area contributed by atoms with Crippen molar-refractivity contribution in [3.63, 3.8) is 0 Å². The topological polar surface area (TPSA) is 70.5 Å². The molecule has 9 heteroatoms. The molecule has 1 atom stereocenters. The second-order valence-electron chi connectivity index (χ2n) is 7.34. The summed E-state index contributed by atoms with van der Waals surface area (Å²) in [6.45, 7) is 0. The third kappa shape index (κ3) is 3.89. The smallest absolute Gasteiger partial charge is 0.301 e. The number of hydrogen-bond acceptors (Lipinski definition) is 5. The Hall–Kier alpha value is -2.90. The van der Waals surface area contributed by atoms with Gasteiger partial charge in [-0.3, -0.25) is 14.5 Å². The summed E-state index contributed by atoms with van der Waals surface area (Å²) in [4.78, 5) is 32.3. The van der Waals surface area contributed by atoms with E-state index >= 15 is 0 Å². The Morgan fingerprint density at radius 2 is 1.61 bits per heavy atom. The Morgan fingerprint density at radius 1 is 0.909 bits per heavy atom. The van der Waals surface area contributed by atoms with Crippen LogP contribution in [-0.4, -0.2) is 21.8 Å². The van der Waals surface area contributed by atoms with E-state index in [4.69, 9.17) is 34.8 Å². The lowest BCUT2D eigenvalue weighted by molar-refractivity contribution is -0.132. The monoisotopic (exact) mass is 514 g/mol. The zero-order valence-electron chi connectivity index (χ0n) is 16.6. The number of ketones is 1. The highest BCUT2D eigenvalue weighted by atomic mass is 35.5. The molecule has 33 heavy (non-hydrogen) atoms. The number of thiazole rings is 1. The highest BCUT2D eigenvalue weighted by Crippen LogP contribution is 2.44. The summed E-state index contributed by atoms with van der Waals surface area (Å²) in [6, 6.07) is 17.4. The Bertz CT molecular complexity index is 1460. The van der Waals surface area contributed by atoms with Crippen molar-refractivity contribution in [3.05, 3.63) is 98.5 Å². The minimum absolute atomic E-state index is 0.0538. The summed E-state index contributed by atoms with van der Waals surface area (Å²) in [5.74, 6) is -1.91. The number of fused-ring (bicyclic) bond motifs is 1. The molecule has 1 saturated heterocycles. The van der Waals surface area contributed by atoms with Gasteiger partial charge in [-0.2, -0.15) is 0 Å². The predicted molar refractivity (Wildman–Crippen MR) is 132 cm³/mol. The van der Waals surface area contributed by atoms with E-state index in [0.717, 1.165) is 4.70 Å². The van der Waals surface area contributed by atoms with Crippen LogP contribution in [0.15, 0.2) is 72.3 Å². The van der Waals surface area contributed by atoms with E-state index < -0.39 is 17.7 Å². The number of benzene rings is 3. The van der Waals surface area contributed by atoms with Gasteiger partial charge in [0.2, 0.25) is 0 Å². The van der Waals surface area contributed by atoms with E-state index in [9.17, 15) is 14.7 Å². The van der Waals surface area contributed by atoms with Crippen LogP contribution in [0.3, 0.4) is 0 Å². The molecule has 1 amide bonds. The minimum atomic E-state index is -0.921. The van der Waals surface area contributed by atoms with Gasteiger partial charge in [-0.05, 0) is 60.2 Å². The number of halogens is 3. The van der Waals surface area contributed by atoms with Crippen molar-refractivity contribution >= 4 is 78.9 Å². The molecule has 5 nitrogen and oxygen atoms in total. The lowest BCUT2D eigenvalue weighted by atomic mass is 9.95. The lowest BCUT2D eigenvalue weighted by Crippen LogP contribution is -2.29. The fraction of sp³-hybridized carbons (Fsp3) is 0.0417. The molecule has 1 aliphatic rings. The van der Waals surface area contributed by atoms with Gasteiger partial charge in [0.1, 0.15) is 5.76 Å². The molecule has 1 aromatic heterocycles. The molecule has 4 aromatic rings. The van der Waals surface area contributed by atoms with Crippen LogP contribution >= 0.6 is 46.1 Å². The molecule has 0 aliphatic carbocycles. The molecule has 3 aromatic carbocycles. The standard InChI is InChI=1S/C24H13Cl3N2O3S/c25-14-6-4-12(5-7-14)21(30)19-20(13-2-1-3-15(26)10-13)29(23(32)22(19)31)24-28-17-9-8-16(27)11-18(17)33-24/h1-11,20,30H. The van der Waals surface area contributed by atoms with Crippen molar-refractivity contribution in [2.24, 2.45) is 0 Å². The maximum Gasteiger partial charge on any atom is 0.301 e. The van der Waals surface area contributed by atoms with Crippen molar-refractivity contribution < 1.29 is 14.7 Å². The van der Waals surface area contributed by atoms with Gasteiger partial charge < -0.3 is 5.11 Å². The third-order valence-electron chi connectivity index (χ3n) is 5.27. The minimum Gasteiger partial charge on any atom is -0.507 e. The van der Waals surface area contributed by atoms with Gasteiger partial charge >= 0.3 is 5.91 Å². The Labute approximate surface area is 207 Å². The van der Waals surface area contributed by atoms with E-state index in [1.807, 2.05) is 0 Å². The SMILES string of the molecule is O=C1C(=O)N(c2nc3ccc(Cl)cc3s2)C(c2cccc(Cl)c2)C1=C(O)c1ccc(Cl)cc1. The van der Waals surface area contributed by atoms with Crippen LogP contribution in [0.1, 0.15) is 17.2 Å². The van der Waals surface area contributed by atoms with Crippen LogP contribution in [0.4, 0.5) is 5.13 Å². The first kappa shape index (κ1) is 21.9. The zero-order valence-corrected chi connectivity index (χ0v) is 19.7. The molecule has 1 unspecified atom stereocenters. The number of carbonyl (C=O) groups excluding carboxylic acids is 2. The van der Waals surface area contributed by atoms with Crippen LogP contribution in [0.25, 0.3) is 16.0 Å². The number of anilines is 1. The van der Waals surface area contributed by atoms with Gasteiger partial charge in [0.15, 0.2) is 5.13 Å². The average molecular weight is 516 g/mol. The van der Waals surface area contributed by atoms with Crippen LogP contribution in [-0.2, 0) is 9.59 Å². The highest BCUT2D eigenvalue weighted by molar-refractivity contribution is 7.22. The van der Waals surface area contributed by atoms with E-state index in [2.05, 4.69) is 4.98 Å². The maximum atomic E-state index is 13.2. The molecule has 0 radical (unpaired) electrons. The number of amides is 1. The molecule has 0 spiro atoms. The number of nitrogens with zero attached hydrogens (tertiary/aromatic N) is 2. The summed E-state index contributed by atoms with van der Waals surface area (Å²) in [5, 5.41) is 12.9. The van der Waals surface area contributed by atoms with Gasteiger partial charge in [0.05, 0.1) is 21.8 Å². The Balaban J connectivity index is 1.74. The maximum absolute atomic E-state index is 13.2. The summed E-state index contributed by atoms with van der Waals surface area (Å²) in [5.41, 5.74) is 1.51. The van der Waals surface area contributed by atoms with Crippen LogP contribution in [0.5, 0.6) is 0 Å². The summed E-state index contributed by atoms with van der Waals surface area (Å²) in [7, 11) is 0. The van der Waals surface area contributed by atoms with Crippen molar-refractivity contribution in [2.75, 3.05) is 4.90 Å². The summed E-state index contributed by atoms with van der Waals surface area (Å²) < 4.78 is 0.766. The zero-order chi connectivity index (χ0) is 23.3. The second-order valence-corrected chi connectivity index (χ2v) is 9.66. The van der Waals surface area contributed by atoms with Gasteiger partial charge in [-0.15, -0.1) is 0 Å². The quantitative estimate of drug-likeness (QED) is 0.183. The largest absolute Gasteiger partial charge is 0.507 e. The number of hydrogen-bond donors (Lipinski definition) is 1. The molecule has 0 bridgehead atoms. The normalized spacial score (nSPS) is 17.8. The van der Waals surface area contributed by atoms with E-state index in [0.29, 0.717) is 36.8 Å². The number of Topliss-reactive ketones (excluding diaryl/α,β-unsaturated/α-hetero) is 1. The molecular weight excluding hydrogens is 503 g/mol. The van der Waals surface area contributed by atoms with Gasteiger partial charge in [-0.25, -0.2) is 4.98 Å². The first-order valence-corrected chi connectivity index (χ1v) is 11.7. The first-order chi connectivity index (χ1) is 15.8. The molecular formula is C24H13Cl3N2O3S. The van der Waals surface area contributed by atoms with Crippen molar-refractivity contribution in [3.8, 4) is 0 Å². The molecule has 1 N–H and O–H groups in total. The Kier molecular flexibility index (Phi) is 5.62. The van der Waals surface area contributed by atoms with Gasteiger partial charge in [0, 0.05) is 20.6 Å². The van der Waals surface area contributed by atoms with E-state index in [1.165, 1.54) is 16.2 Å². The molecule has 1 aliphatic heterocycles. The number of rotatable bonds is 3. The molecule has 2 heterocycles. The predicted octanol–water partition coefficient (Wildman–Crippen LogP) is 6.88. The summed E-state index contributed by atoms with van der Waals surface area (Å²) >= 11 is 19.5. The second kappa shape index (κ2) is 8.47. The van der Waals surface area contributed by atoms with Crippen molar-refractivity contribution in [1.82, 2.24) is 4.98 Å². The van der Waals surface area contributed by atoms with Gasteiger partial charge in [0.25, 0.3) is 5.78 Å². The number of aromatic nitrogens is 1. The third-order valence-corrected chi connectivity index (χ3v) is 7.01. The van der Waals surface area contributed by atoms with E-state index in [-0.39, 0.29) is 11.3 Å². The number of aliphatic hydroxyl groups excluding tert-OH is 1. The van der Waals surface area contributed by atoms with Crippen LogP contribution in [0.2, 0.25) is 15.1 Å². The van der Waals surface area contributed by atoms with E-state index in [1.54, 1.807) is 66.7 Å². The summed E-state index contributed by atoms with van der Waals surface area (Å²) in [6.07, 6.45) is 0. The fourth-order valence-electron chi connectivity index (χ4n) is 3.77. The highest BCUT2D eigenvalue weighted by Gasteiger charge is 2.48. The number of carbonyl (C=O) groups is 2. The van der Waals surface area contributed by atoms with Crippen LogP contribution < -0.4 is 4.90 Å². The van der Waals surface area contributed by atoms with Crippen molar-refractivity contribution in [2.45, 2.75) is 6.04 Å². The molecule has 5 rings (SSSR count). The molecule has 1 fully saturated rings.